The van der Waals surface area contributed by atoms with Crippen molar-refractivity contribution in [2.45, 2.75) is 51.1 Å². The predicted octanol–water partition coefficient (Wildman–Crippen LogP) is 4.49. The normalized spacial score (nSPS) is 20.8. The number of rotatable bonds is 9. The van der Waals surface area contributed by atoms with E-state index in [1.54, 1.807) is 19.2 Å². The van der Waals surface area contributed by atoms with Crippen LogP contribution in [0, 0.1) is 6.92 Å². The van der Waals surface area contributed by atoms with E-state index in [9.17, 15) is 9.59 Å². The number of carbonyl (C=O) groups excluding carboxylic acids is 2. The largest absolute Gasteiger partial charge is 0.493 e. The van der Waals surface area contributed by atoms with E-state index in [0.29, 0.717) is 47.2 Å². The first-order valence-electron chi connectivity index (χ1n) is 13.4. The average Bonchev–Trinajstić information content (AvgIpc) is 3.01. The van der Waals surface area contributed by atoms with Crippen molar-refractivity contribution < 1.29 is 23.8 Å². The molecule has 0 unspecified atom stereocenters. The minimum Gasteiger partial charge on any atom is -0.493 e. The van der Waals surface area contributed by atoms with Gasteiger partial charge in [-0.3, -0.25) is 19.6 Å². The summed E-state index contributed by atoms with van der Waals surface area (Å²) in [5.41, 5.74) is 3.46. The van der Waals surface area contributed by atoms with Crippen LogP contribution in [-0.4, -0.2) is 79.5 Å². The maximum absolute atomic E-state index is 12.8. The van der Waals surface area contributed by atoms with Crippen LogP contribution < -0.4 is 14.2 Å². The monoisotopic (exact) mass is 516 g/mol. The predicted molar refractivity (Wildman–Crippen MR) is 144 cm³/mol. The van der Waals surface area contributed by atoms with Gasteiger partial charge in [-0.05, 0) is 56.7 Å². The summed E-state index contributed by atoms with van der Waals surface area (Å²) in [7, 11) is 1.58. The molecule has 2 atom stereocenters. The van der Waals surface area contributed by atoms with E-state index in [1.165, 1.54) is 0 Å². The van der Waals surface area contributed by atoms with Crippen molar-refractivity contribution in [1.82, 2.24) is 9.80 Å². The van der Waals surface area contributed by atoms with Crippen LogP contribution in [-0.2, 0) is 0 Å². The summed E-state index contributed by atoms with van der Waals surface area (Å²) >= 11 is 0. The third-order valence-electron chi connectivity index (χ3n) is 7.77. The summed E-state index contributed by atoms with van der Waals surface area (Å²) in [6.45, 7) is 4.61. The molecule has 0 bridgehead atoms. The number of fused-ring (bicyclic) bond motifs is 4. The van der Waals surface area contributed by atoms with E-state index in [0.717, 1.165) is 56.5 Å². The molecule has 9 nitrogen and oxygen atoms in total. The number of carbonyl (C=O) groups is 2. The molecular weight excluding hydrogens is 484 g/mol. The third-order valence-corrected chi connectivity index (χ3v) is 7.77. The highest BCUT2D eigenvalue weighted by Gasteiger charge is 2.36. The topological polar surface area (TPSA) is 93.0 Å². The SMILES string of the molecule is COc1cc2c(cc1OCCCCCOc1cc3c(cc1C)C(=O)N1CC[C@H]1C=N3)N=C[C@@H]1CCN1C2=O. The molecule has 0 aliphatic carbocycles. The van der Waals surface area contributed by atoms with Gasteiger partial charge < -0.3 is 24.0 Å². The van der Waals surface area contributed by atoms with Gasteiger partial charge in [-0.1, -0.05) is 0 Å². The molecule has 0 aromatic heterocycles. The van der Waals surface area contributed by atoms with Gasteiger partial charge in [-0.2, -0.15) is 0 Å². The van der Waals surface area contributed by atoms with Crippen molar-refractivity contribution in [2.75, 3.05) is 33.4 Å². The second-order valence-corrected chi connectivity index (χ2v) is 10.2. The van der Waals surface area contributed by atoms with Crippen LogP contribution in [0.15, 0.2) is 34.3 Å². The molecule has 38 heavy (non-hydrogen) atoms. The Hall–Kier alpha value is -3.88. The van der Waals surface area contributed by atoms with Gasteiger partial charge in [0.25, 0.3) is 11.8 Å². The van der Waals surface area contributed by atoms with Crippen molar-refractivity contribution in [3.8, 4) is 17.2 Å². The fraction of sp³-hybridized carbons (Fsp3) is 0.448. The lowest BCUT2D eigenvalue weighted by molar-refractivity contribution is 0.0583. The summed E-state index contributed by atoms with van der Waals surface area (Å²) in [4.78, 5) is 38.4. The number of aryl methyl sites for hydroxylation is 1. The summed E-state index contributed by atoms with van der Waals surface area (Å²) in [6.07, 6.45) is 8.29. The van der Waals surface area contributed by atoms with Crippen LogP contribution in [0.3, 0.4) is 0 Å². The van der Waals surface area contributed by atoms with Gasteiger partial charge in [0, 0.05) is 37.7 Å². The molecule has 9 heteroatoms. The minimum atomic E-state index is -0.00777. The number of ether oxygens (including phenoxy) is 3. The average molecular weight is 517 g/mol. The fourth-order valence-electron chi connectivity index (χ4n) is 5.23. The first-order valence-corrected chi connectivity index (χ1v) is 13.4. The van der Waals surface area contributed by atoms with E-state index < -0.39 is 0 Å². The highest BCUT2D eigenvalue weighted by atomic mass is 16.5. The van der Waals surface area contributed by atoms with Crippen molar-refractivity contribution in [3.05, 3.63) is 41.0 Å². The summed E-state index contributed by atoms with van der Waals surface area (Å²) < 4.78 is 17.6. The number of aliphatic imine (C=N–C) groups is 2. The maximum atomic E-state index is 12.8. The summed E-state index contributed by atoms with van der Waals surface area (Å²) in [5, 5.41) is 0. The van der Waals surface area contributed by atoms with E-state index in [-0.39, 0.29) is 23.9 Å². The molecule has 0 saturated carbocycles. The van der Waals surface area contributed by atoms with E-state index in [4.69, 9.17) is 14.2 Å². The van der Waals surface area contributed by atoms with Crippen molar-refractivity contribution >= 4 is 35.6 Å². The highest BCUT2D eigenvalue weighted by Crippen LogP contribution is 2.38. The second-order valence-electron chi connectivity index (χ2n) is 10.2. The van der Waals surface area contributed by atoms with Gasteiger partial charge in [-0.25, -0.2) is 0 Å². The molecule has 198 valence electrons. The molecule has 2 saturated heterocycles. The molecule has 6 rings (SSSR count). The molecule has 2 amide bonds. The molecule has 4 heterocycles. The zero-order valence-electron chi connectivity index (χ0n) is 21.8. The number of amides is 2. The van der Waals surface area contributed by atoms with Gasteiger partial charge in [0.1, 0.15) is 5.75 Å². The number of hydrogen-bond donors (Lipinski definition) is 0. The quantitative estimate of drug-likeness (QED) is 0.458. The molecule has 0 spiro atoms. The molecule has 2 fully saturated rings. The Bertz CT molecular complexity index is 1340. The standard InChI is InChI=1S/C29H32N4O5/c1-18-12-21-23(30-16-19-6-8-32(19)28(21)34)14-25(18)37-10-4-3-5-11-38-27-15-24-22(13-26(27)36-2)29(35)33-9-7-20(33)17-31-24/h12-17,19-20H,3-11H2,1-2H3/t19-,20-/m0/s1. The van der Waals surface area contributed by atoms with Gasteiger partial charge in [0.2, 0.25) is 0 Å². The van der Waals surface area contributed by atoms with Crippen molar-refractivity contribution in [2.24, 2.45) is 9.98 Å². The summed E-state index contributed by atoms with van der Waals surface area (Å²) in [6, 6.07) is 7.53. The smallest absolute Gasteiger partial charge is 0.256 e. The molecule has 0 radical (unpaired) electrons. The van der Waals surface area contributed by atoms with Crippen molar-refractivity contribution in [1.29, 1.82) is 0 Å². The zero-order valence-corrected chi connectivity index (χ0v) is 21.8. The first kappa shape index (κ1) is 24.5. The van der Waals surface area contributed by atoms with Crippen LogP contribution in [0.5, 0.6) is 17.2 Å². The van der Waals surface area contributed by atoms with E-state index in [2.05, 4.69) is 9.98 Å². The Morgan fingerprint density at radius 1 is 0.763 bits per heavy atom. The summed E-state index contributed by atoms with van der Waals surface area (Å²) in [5.74, 6) is 1.95. The zero-order chi connectivity index (χ0) is 26.2. The second kappa shape index (κ2) is 10.1. The molecule has 2 aromatic rings. The lowest BCUT2D eigenvalue weighted by atomic mass is 10.0. The fourth-order valence-corrected chi connectivity index (χ4v) is 5.23. The maximum Gasteiger partial charge on any atom is 0.256 e. The van der Waals surface area contributed by atoms with Crippen LogP contribution in [0.25, 0.3) is 0 Å². The Morgan fingerprint density at radius 2 is 1.32 bits per heavy atom. The Morgan fingerprint density at radius 3 is 1.87 bits per heavy atom. The lowest BCUT2D eigenvalue weighted by Crippen LogP contribution is -2.51. The lowest BCUT2D eigenvalue weighted by Gasteiger charge is -2.37. The number of nitrogens with zero attached hydrogens (tertiary/aromatic N) is 4. The molecular formula is C29H32N4O5. The Kier molecular flexibility index (Phi) is 6.51. The molecule has 4 aliphatic heterocycles. The van der Waals surface area contributed by atoms with E-state index >= 15 is 0 Å². The third kappa shape index (κ3) is 4.40. The van der Waals surface area contributed by atoms with Crippen molar-refractivity contribution in [3.63, 3.8) is 0 Å². The number of benzene rings is 2. The Labute approximate surface area is 222 Å². The Balaban J connectivity index is 0.998. The van der Waals surface area contributed by atoms with Gasteiger partial charge in [0.05, 0.1) is 54.9 Å². The van der Waals surface area contributed by atoms with Gasteiger partial charge in [-0.15, -0.1) is 0 Å². The highest BCUT2D eigenvalue weighted by molar-refractivity contribution is 6.04. The van der Waals surface area contributed by atoms with Gasteiger partial charge in [0.15, 0.2) is 11.5 Å². The molecule has 4 aliphatic rings. The van der Waals surface area contributed by atoms with Gasteiger partial charge >= 0.3 is 0 Å². The molecule has 2 aromatic carbocycles. The molecule has 0 N–H and O–H groups in total. The van der Waals surface area contributed by atoms with Crippen LogP contribution >= 0.6 is 0 Å². The van der Waals surface area contributed by atoms with Crippen LogP contribution in [0.1, 0.15) is 58.4 Å². The van der Waals surface area contributed by atoms with Crippen LogP contribution in [0.2, 0.25) is 0 Å². The van der Waals surface area contributed by atoms with Crippen LogP contribution in [0.4, 0.5) is 11.4 Å². The number of methoxy groups -OCH3 is 1. The number of hydrogen-bond acceptors (Lipinski definition) is 7. The minimum absolute atomic E-state index is 0.00777. The number of unbranched alkanes of at least 4 members (excludes halogenated alkanes) is 2. The first-order chi connectivity index (χ1) is 18.5. The van der Waals surface area contributed by atoms with E-state index in [1.807, 2.05) is 41.3 Å².